The van der Waals surface area contributed by atoms with Crippen molar-refractivity contribution in [3.63, 3.8) is 0 Å². The lowest BCUT2D eigenvalue weighted by Gasteiger charge is -2.22. The van der Waals surface area contributed by atoms with Crippen LogP contribution < -0.4 is 10.1 Å². The lowest BCUT2D eigenvalue weighted by atomic mass is 9.92. The quantitative estimate of drug-likeness (QED) is 0.649. The van der Waals surface area contributed by atoms with E-state index in [9.17, 15) is 14.4 Å². The number of hydrogen-bond acceptors (Lipinski definition) is 4. The number of amides is 3. The summed E-state index contributed by atoms with van der Waals surface area (Å²) in [6.07, 6.45) is 1.20. The van der Waals surface area contributed by atoms with Gasteiger partial charge in [0, 0.05) is 5.56 Å². The molecule has 1 fully saturated rings. The highest BCUT2D eigenvalue weighted by atomic mass is 35.5. The first kappa shape index (κ1) is 17.5. The smallest absolute Gasteiger partial charge is 0.325 e. The maximum absolute atomic E-state index is 13.1. The molecule has 1 saturated heterocycles. The summed E-state index contributed by atoms with van der Waals surface area (Å²) in [5, 5.41) is 3.10. The van der Waals surface area contributed by atoms with Gasteiger partial charge in [-0.25, -0.2) is 4.79 Å². The summed E-state index contributed by atoms with van der Waals surface area (Å²) in [6.45, 7) is -0.336. The number of urea groups is 1. The van der Waals surface area contributed by atoms with Crippen molar-refractivity contribution in [2.45, 2.75) is 18.4 Å². The molecule has 0 unspecified atom stereocenters. The zero-order valence-corrected chi connectivity index (χ0v) is 15.4. The molecule has 2 aromatic carbocycles. The number of ketones is 1. The van der Waals surface area contributed by atoms with Crippen molar-refractivity contribution in [1.82, 2.24) is 10.2 Å². The minimum atomic E-state index is -1.06. The highest BCUT2D eigenvalue weighted by molar-refractivity contribution is 6.32. The molecule has 0 radical (unpaired) electrons. The number of hydrogen-bond donors (Lipinski definition) is 1. The number of methoxy groups -OCH3 is 1. The maximum atomic E-state index is 13.1. The summed E-state index contributed by atoms with van der Waals surface area (Å²) in [7, 11) is 1.48. The maximum Gasteiger partial charge on any atom is 0.325 e. The topological polar surface area (TPSA) is 75.7 Å². The van der Waals surface area contributed by atoms with Crippen LogP contribution >= 0.6 is 11.6 Å². The van der Waals surface area contributed by atoms with Gasteiger partial charge >= 0.3 is 6.03 Å². The SMILES string of the molecule is COc1ccc(C(=O)CN2C(=O)N[C@@]3(CCc4ccccc43)C2=O)cc1Cl. The van der Waals surface area contributed by atoms with Crippen molar-refractivity contribution in [1.29, 1.82) is 0 Å². The Balaban J connectivity index is 1.59. The Labute approximate surface area is 161 Å². The first-order valence-electron chi connectivity index (χ1n) is 8.55. The minimum Gasteiger partial charge on any atom is -0.495 e. The standard InChI is InChI=1S/C20H17ClN2O4/c1-27-17-7-6-13(10-15(17)21)16(24)11-23-18(25)20(22-19(23)26)9-8-12-4-2-3-5-14(12)20/h2-7,10H,8-9,11H2,1H3,(H,22,26)/t20-/m1/s1. The second-order valence-electron chi connectivity index (χ2n) is 6.66. The number of Topliss-reactive ketones (excluding diaryl/α,β-unsaturated/α-hetero) is 1. The van der Waals surface area contributed by atoms with E-state index in [4.69, 9.17) is 16.3 Å². The van der Waals surface area contributed by atoms with Crippen LogP contribution in [-0.4, -0.2) is 36.3 Å². The molecule has 7 heteroatoms. The number of aryl methyl sites for hydroxylation is 1. The molecule has 1 heterocycles. The molecule has 1 aliphatic heterocycles. The van der Waals surface area contributed by atoms with E-state index < -0.39 is 11.6 Å². The van der Waals surface area contributed by atoms with Gasteiger partial charge in [0.15, 0.2) is 5.78 Å². The van der Waals surface area contributed by atoms with Gasteiger partial charge < -0.3 is 10.1 Å². The molecular weight excluding hydrogens is 368 g/mol. The van der Waals surface area contributed by atoms with Crippen LogP contribution in [0.5, 0.6) is 5.75 Å². The fourth-order valence-corrected chi connectivity index (χ4v) is 4.07. The van der Waals surface area contributed by atoms with Gasteiger partial charge in [-0.15, -0.1) is 0 Å². The van der Waals surface area contributed by atoms with Crippen molar-refractivity contribution in [3.8, 4) is 5.75 Å². The first-order valence-corrected chi connectivity index (χ1v) is 8.93. The summed E-state index contributed by atoms with van der Waals surface area (Å²) in [4.78, 5) is 39.2. The van der Waals surface area contributed by atoms with Crippen LogP contribution in [0.1, 0.15) is 27.9 Å². The predicted octanol–water partition coefficient (Wildman–Crippen LogP) is 2.92. The third-order valence-electron chi connectivity index (χ3n) is 5.20. The number of carbonyl (C=O) groups is 3. The molecule has 138 valence electrons. The molecule has 0 bridgehead atoms. The van der Waals surface area contributed by atoms with Gasteiger partial charge in [0.2, 0.25) is 0 Å². The van der Waals surface area contributed by atoms with Crippen molar-refractivity contribution < 1.29 is 19.1 Å². The highest BCUT2D eigenvalue weighted by Gasteiger charge is 2.55. The second kappa shape index (κ2) is 6.39. The third kappa shape index (κ3) is 2.68. The Hall–Kier alpha value is -2.86. The predicted molar refractivity (Wildman–Crippen MR) is 99.0 cm³/mol. The molecule has 3 amide bonds. The van der Waals surface area contributed by atoms with Gasteiger partial charge in [-0.1, -0.05) is 35.9 Å². The highest BCUT2D eigenvalue weighted by Crippen LogP contribution is 2.41. The lowest BCUT2D eigenvalue weighted by Crippen LogP contribution is -2.42. The molecule has 0 aromatic heterocycles. The van der Waals surface area contributed by atoms with Crippen molar-refractivity contribution in [2.24, 2.45) is 0 Å². The van der Waals surface area contributed by atoms with Crippen molar-refractivity contribution in [3.05, 3.63) is 64.2 Å². The van der Waals surface area contributed by atoms with Gasteiger partial charge in [0.25, 0.3) is 5.91 Å². The largest absolute Gasteiger partial charge is 0.495 e. The van der Waals surface area contributed by atoms with Gasteiger partial charge in [0.05, 0.1) is 18.7 Å². The summed E-state index contributed by atoms with van der Waals surface area (Å²) in [5.74, 6) is -0.304. The van der Waals surface area contributed by atoms with Crippen LogP contribution in [0.2, 0.25) is 5.02 Å². The Morgan fingerprint density at radius 3 is 2.78 bits per heavy atom. The number of nitrogens with one attached hydrogen (secondary N) is 1. The minimum absolute atomic E-state index is 0.293. The van der Waals surface area contributed by atoms with Crippen LogP contribution in [0.3, 0.4) is 0 Å². The monoisotopic (exact) mass is 384 g/mol. The fourth-order valence-electron chi connectivity index (χ4n) is 3.81. The normalized spacial score (nSPS) is 20.7. The zero-order valence-electron chi connectivity index (χ0n) is 14.6. The van der Waals surface area contributed by atoms with Crippen LogP contribution in [0.4, 0.5) is 4.79 Å². The van der Waals surface area contributed by atoms with Gasteiger partial charge in [0.1, 0.15) is 11.3 Å². The van der Waals surface area contributed by atoms with Crippen molar-refractivity contribution in [2.75, 3.05) is 13.7 Å². The Morgan fingerprint density at radius 2 is 2.04 bits per heavy atom. The Kier molecular flexibility index (Phi) is 4.15. The molecule has 0 saturated carbocycles. The van der Waals surface area contributed by atoms with Crippen LogP contribution in [-0.2, 0) is 16.8 Å². The van der Waals surface area contributed by atoms with Crippen molar-refractivity contribution >= 4 is 29.3 Å². The number of carbonyl (C=O) groups excluding carboxylic acids is 3. The summed E-state index contributed by atoms with van der Waals surface area (Å²) >= 11 is 6.07. The molecular formula is C20H17ClN2O4. The number of benzene rings is 2. The van der Waals surface area contributed by atoms with E-state index in [1.165, 1.54) is 13.2 Å². The summed E-state index contributed by atoms with van der Waals surface area (Å²) in [6, 6.07) is 11.6. The van der Waals surface area contributed by atoms with E-state index in [2.05, 4.69) is 5.32 Å². The van der Waals surface area contributed by atoms with Crippen LogP contribution in [0.25, 0.3) is 0 Å². The second-order valence-corrected chi connectivity index (χ2v) is 7.06. The Bertz CT molecular complexity index is 974. The van der Waals surface area contributed by atoms with E-state index in [0.29, 0.717) is 29.2 Å². The summed E-state index contributed by atoms with van der Waals surface area (Å²) in [5.41, 5.74) is 1.10. The fraction of sp³-hybridized carbons (Fsp3) is 0.250. The van der Waals surface area contributed by atoms with Gasteiger partial charge in [-0.2, -0.15) is 0 Å². The number of rotatable bonds is 4. The average Bonchev–Trinajstić information content (AvgIpc) is 3.15. The first-order chi connectivity index (χ1) is 13.0. The van der Waals surface area contributed by atoms with Crippen LogP contribution in [0.15, 0.2) is 42.5 Å². The van der Waals surface area contributed by atoms with E-state index in [0.717, 1.165) is 16.0 Å². The van der Waals surface area contributed by atoms with E-state index in [-0.39, 0.29) is 18.2 Å². The van der Waals surface area contributed by atoms with Gasteiger partial charge in [-0.3, -0.25) is 14.5 Å². The molecule has 6 nitrogen and oxygen atoms in total. The molecule has 1 spiro atoms. The number of ether oxygens (including phenoxy) is 1. The number of nitrogens with zero attached hydrogens (tertiary/aromatic N) is 1. The molecule has 1 atom stereocenters. The molecule has 1 aliphatic carbocycles. The summed E-state index contributed by atoms with van der Waals surface area (Å²) < 4.78 is 5.07. The molecule has 4 rings (SSSR count). The number of fused-ring (bicyclic) bond motifs is 2. The number of halogens is 1. The lowest BCUT2D eigenvalue weighted by molar-refractivity contribution is -0.131. The molecule has 1 N–H and O–H groups in total. The molecule has 2 aliphatic rings. The van der Waals surface area contributed by atoms with Gasteiger partial charge in [-0.05, 0) is 42.2 Å². The van der Waals surface area contributed by atoms with Crippen LogP contribution in [0, 0.1) is 0 Å². The molecule has 2 aromatic rings. The van der Waals surface area contributed by atoms with E-state index >= 15 is 0 Å². The average molecular weight is 385 g/mol. The Morgan fingerprint density at radius 1 is 1.26 bits per heavy atom. The molecule has 27 heavy (non-hydrogen) atoms. The zero-order chi connectivity index (χ0) is 19.2. The van der Waals surface area contributed by atoms with E-state index in [1.807, 2.05) is 24.3 Å². The third-order valence-corrected chi connectivity index (χ3v) is 5.49. The van der Waals surface area contributed by atoms with E-state index in [1.54, 1.807) is 12.1 Å². The number of imide groups is 1.